The highest BCUT2D eigenvalue weighted by atomic mass is 16.6. The fourth-order valence-electron chi connectivity index (χ4n) is 4.64. The van der Waals surface area contributed by atoms with Gasteiger partial charge in [0.1, 0.15) is 17.6 Å². The Bertz CT molecular complexity index is 557. The van der Waals surface area contributed by atoms with Crippen molar-refractivity contribution in [2.75, 3.05) is 0 Å². The third-order valence-corrected chi connectivity index (χ3v) is 6.14. The first-order chi connectivity index (χ1) is 12.7. The molecule has 0 aliphatic heterocycles. The minimum atomic E-state index is -1.20. The summed E-state index contributed by atoms with van der Waals surface area (Å²) < 4.78 is 11.7. The second-order valence-electron chi connectivity index (χ2n) is 7.34. The van der Waals surface area contributed by atoms with Crippen LogP contribution in [0.5, 0.6) is 0 Å². The Morgan fingerprint density at radius 3 is 1.63 bits per heavy atom. The lowest BCUT2D eigenvalue weighted by Gasteiger charge is -2.50. The van der Waals surface area contributed by atoms with Crippen molar-refractivity contribution in [3.8, 4) is 0 Å². The summed E-state index contributed by atoms with van der Waals surface area (Å²) in [5.74, 6) is -2.27. The number of ether oxygens (including phenoxy) is 2. The molecule has 1 aliphatic rings. The standard InChI is InChI=1S/C21H34O6/c1-6-20(7-2,26-15(5)22)16-12-10-11-13-17(16)21(8-3,9-4)27-19(25)14-18(23)24/h10-11,16-17H,6-9,12-14H2,1-5H3,(H,23,24). The summed E-state index contributed by atoms with van der Waals surface area (Å²) in [4.78, 5) is 34.9. The molecule has 6 heteroatoms. The van der Waals surface area contributed by atoms with Gasteiger partial charge in [0.25, 0.3) is 0 Å². The van der Waals surface area contributed by atoms with Crippen molar-refractivity contribution in [2.45, 2.75) is 90.8 Å². The van der Waals surface area contributed by atoms with Crippen LogP contribution in [-0.2, 0) is 23.9 Å². The summed E-state index contributed by atoms with van der Waals surface area (Å²) in [6.07, 6.45) is 7.46. The monoisotopic (exact) mass is 382 g/mol. The van der Waals surface area contributed by atoms with Crippen LogP contribution in [0.15, 0.2) is 12.2 Å². The van der Waals surface area contributed by atoms with Crippen LogP contribution in [0.3, 0.4) is 0 Å². The van der Waals surface area contributed by atoms with Gasteiger partial charge in [-0.3, -0.25) is 14.4 Å². The molecular formula is C21H34O6. The van der Waals surface area contributed by atoms with Gasteiger partial charge in [-0.2, -0.15) is 0 Å². The van der Waals surface area contributed by atoms with Gasteiger partial charge in [0.05, 0.1) is 0 Å². The fraction of sp³-hybridized carbons (Fsp3) is 0.762. The van der Waals surface area contributed by atoms with Gasteiger partial charge in [-0.1, -0.05) is 39.8 Å². The molecule has 6 nitrogen and oxygen atoms in total. The number of hydrogen-bond donors (Lipinski definition) is 1. The molecule has 0 heterocycles. The van der Waals surface area contributed by atoms with Gasteiger partial charge >= 0.3 is 17.9 Å². The lowest BCUT2D eigenvalue weighted by molar-refractivity contribution is -0.191. The van der Waals surface area contributed by atoms with E-state index in [1.165, 1.54) is 6.92 Å². The predicted molar refractivity (Wildman–Crippen MR) is 102 cm³/mol. The highest BCUT2D eigenvalue weighted by Crippen LogP contribution is 2.48. The van der Waals surface area contributed by atoms with Crippen LogP contribution in [0.1, 0.15) is 79.6 Å². The van der Waals surface area contributed by atoms with E-state index in [0.29, 0.717) is 32.1 Å². The van der Waals surface area contributed by atoms with Crippen molar-refractivity contribution >= 4 is 17.9 Å². The SMILES string of the molecule is CCC(CC)(OC(C)=O)C1CC=CCC1C(CC)(CC)OC(=O)CC(=O)O. The number of esters is 2. The highest BCUT2D eigenvalue weighted by Gasteiger charge is 2.51. The number of allylic oxidation sites excluding steroid dienone is 2. The maximum atomic E-state index is 12.2. The summed E-state index contributed by atoms with van der Waals surface area (Å²) in [5.41, 5.74) is -1.41. The predicted octanol–water partition coefficient (Wildman–Crippen LogP) is 4.27. The van der Waals surface area contributed by atoms with Gasteiger partial charge < -0.3 is 14.6 Å². The quantitative estimate of drug-likeness (QED) is 0.345. The Hall–Kier alpha value is -1.85. The van der Waals surface area contributed by atoms with Crippen LogP contribution >= 0.6 is 0 Å². The van der Waals surface area contributed by atoms with Crippen molar-refractivity contribution in [2.24, 2.45) is 11.8 Å². The molecule has 2 atom stereocenters. The van der Waals surface area contributed by atoms with Crippen molar-refractivity contribution in [3.05, 3.63) is 12.2 Å². The van der Waals surface area contributed by atoms with Crippen LogP contribution in [0.25, 0.3) is 0 Å². The van der Waals surface area contributed by atoms with E-state index >= 15 is 0 Å². The zero-order valence-electron chi connectivity index (χ0n) is 17.2. The Balaban J connectivity index is 3.32. The van der Waals surface area contributed by atoms with E-state index in [1.54, 1.807) is 0 Å². The van der Waals surface area contributed by atoms with E-state index in [9.17, 15) is 14.4 Å². The minimum absolute atomic E-state index is 0.000993. The normalized spacial score (nSPS) is 20.2. The van der Waals surface area contributed by atoms with Crippen molar-refractivity contribution in [1.82, 2.24) is 0 Å². The molecular weight excluding hydrogens is 348 g/mol. The summed E-state index contributed by atoms with van der Waals surface area (Å²) in [6.45, 7) is 9.36. The second-order valence-corrected chi connectivity index (χ2v) is 7.34. The van der Waals surface area contributed by atoms with Crippen molar-refractivity contribution < 1.29 is 29.0 Å². The maximum Gasteiger partial charge on any atom is 0.317 e. The molecule has 0 aromatic rings. The average molecular weight is 382 g/mol. The van der Waals surface area contributed by atoms with E-state index in [4.69, 9.17) is 14.6 Å². The molecule has 0 spiro atoms. The van der Waals surface area contributed by atoms with Gasteiger partial charge in [0.2, 0.25) is 0 Å². The Morgan fingerprint density at radius 2 is 1.30 bits per heavy atom. The molecule has 0 saturated heterocycles. The molecule has 0 radical (unpaired) electrons. The second kappa shape index (κ2) is 9.90. The molecule has 154 valence electrons. The topological polar surface area (TPSA) is 89.9 Å². The zero-order chi connectivity index (χ0) is 20.7. The fourth-order valence-corrected chi connectivity index (χ4v) is 4.64. The number of hydrogen-bond acceptors (Lipinski definition) is 5. The molecule has 2 unspecified atom stereocenters. The van der Waals surface area contributed by atoms with E-state index in [-0.39, 0.29) is 17.8 Å². The van der Waals surface area contributed by atoms with Crippen molar-refractivity contribution in [1.29, 1.82) is 0 Å². The molecule has 0 fully saturated rings. The number of carboxylic acids is 1. The zero-order valence-corrected chi connectivity index (χ0v) is 17.2. The third kappa shape index (κ3) is 5.33. The first-order valence-corrected chi connectivity index (χ1v) is 9.98. The third-order valence-electron chi connectivity index (χ3n) is 6.14. The maximum absolute atomic E-state index is 12.2. The first kappa shape index (κ1) is 23.2. The van der Waals surface area contributed by atoms with Gasteiger partial charge in [-0.15, -0.1) is 0 Å². The van der Waals surface area contributed by atoms with E-state index < -0.39 is 29.6 Å². The highest BCUT2D eigenvalue weighted by molar-refractivity contribution is 5.90. The average Bonchev–Trinajstić information content (AvgIpc) is 2.63. The van der Waals surface area contributed by atoms with E-state index in [1.807, 2.05) is 27.7 Å². The van der Waals surface area contributed by atoms with Crippen LogP contribution in [0.2, 0.25) is 0 Å². The molecule has 1 N–H and O–H groups in total. The summed E-state index contributed by atoms with van der Waals surface area (Å²) in [7, 11) is 0. The molecule has 1 rings (SSSR count). The Kier molecular flexibility index (Phi) is 8.51. The van der Waals surface area contributed by atoms with Gasteiger partial charge in [0.15, 0.2) is 0 Å². The Labute approximate surface area is 162 Å². The number of rotatable bonds is 10. The minimum Gasteiger partial charge on any atom is -0.481 e. The molecule has 0 saturated carbocycles. The number of carbonyl (C=O) groups is 3. The summed E-state index contributed by atoms with van der Waals surface area (Å²) >= 11 is 0. The molecule has 0 aromatic heterocycles. The lowest BCUT2D eigenvalue weighted by atomic mass is 9.62. The lowest BCUT2D eigenvalue weighted by Crippen LogP contribution is -2.54. The smallest absolute Gasteiger partial charge is 0.317 e. The van der Waals surface area contributed by atoms with Gasteiger partial charge in [-0.25, -0.2) is 0 Å². The van der Waals surface area contributed by atoms with Gasteiger partial charge in [0, 0.05) is 18.8 Å². The largest absolute Gasteiger partial charge is 0.481 e. The van der Waals surface area contributed by atoms with E-state index in [2.05, 4.69) is 12.2 Å². The van der Waals surface area contributed by atoms with Crippen LogP contribution in [-0.4, -0.2) is 34.2 Å². The molecule has 0 aromatic carbocycles. The van der Waals surface area contributed by atoms with Crippen LogP contribution in [0, 0.1) is 11.8 Å². The van der Waals surface area contributed by atoms with Gasteiger partial charge in [-0.05, 0) is 38.5 Å². The summed E-state index contributed by atoms with van der Waals surface area (Å²) in [5, 5.41) is 8.92. The number of aliphatic carboxylic acids is 1. The first-order valence-electron chi connectivity index (χ1n) is 9.98. The molecule has 0 amide bonds. The van der Waals surface area contributed by atoms with Crippen molar-refractivity contribution in [3.63, 3.8) is 0 Å². The van der Waals surface area contributed by atoms with Crippen LogP contribution in [0.4, 0.5) is 0 Å². The summed E-state index contributed by atoms with van der Waals surface area (Å²) in [6, 6.07) is 0. The van der Waals surface area contributed by atoms with Crippen LogP contribution < -0.4 is 0 Å². The van der Waals surface area contributed by atoms with E-state index in [0.717, 1.165) is 6.42 Å². The molecule has 0 bridgehead atoms. The molecule has 27 heavy (non-hydrogen) atoms. The number of carboxylic acid groups (broad SMARTS) is 1. The molecule has 1 aliphatic carbocycles. The number of carbonyl (C=O) groups excluding carboxylic acids is 2. The Morgan fingerprint density at radius 1 is 0.889 bits per heavy atom.